The number of nitrogens with one attached hydrogen (secondary N) is 1. The third-order valence-electron chi connectivity index (χ3n) is 6.14. The van der Waals surface area contributed by atoms with Crippen molar-refractivity contribution in [2.24, 2.45) is 0 Å². The highest BCUT2D eigenvalue weighted by atomic mass is 32.2. The Kier molecular flexibility index (Phi) is 7.40. The highest BCUT2D eigenvalue weighted by Crippen LogP contribution is 2.47. The third kappa shape index (κ3) is 5.04. The molecule has 0 bridgehead atoms. The van der Waals surface area contributed by atoms with Gasteiger partial charge in [-0.1, -0.05) is 54.6 Å². The lowest BCUT2D eigenvalue weighted by Crippen LogP contribution is -2.18. The highest BCUT2D eigenvalue weighted by Gasteiger charge is 2.45. The Morgan fingerprint density at radius 1 is 0.941 bits per heavy atom. The van der Waals surface area contributed by atoms with Crippen LogP contribution in [0.25, 0.3) is 0 Å². The van der Waals surface area contributed by atoms with E-state index in [2.05, 4.69) is 17.4 Å². The molecule has 0 spiro atoms. The van der Waals surface area contributed by atoms with Crippen molar-refractivity contribution < 1.29 is 21.6 Å². The van der Waals surface area contributed by atoms with Crippen molar-refractivity contribution in [1.29, 1.82) is 0 Å². The van der Waals surface area contributed by atoms with E-state index in [1.54, 1.807) is 24.3 Å². The van der Waals surface area contributed by atoms with Crippen LogP contribution < -0.4 is 10.1 Å². The molecular formula is C26H29NO5S2. The van der Waals surface area contributed by atoms with Crippen LogP contribution in [0, 0.1) is 0 Å². The Morgan fingerprint density at radius 3 is 2.29 bits per heavy atom. The van der Waals surface area contributed by atoms with Gasteiger partial charge in [-0.05, 0) is 49.6 Å². The number of unbranched alkanes of at least 4 members (excludes halogenated alkanes) is 1. The normalized spacial score (nSPS) is 16.8. The van der Waals surface area contributed by atoms with Gasteiger partial charge in [-0.3, -0.25) is 0 Å². The van der Waals surface area contributed by atoms with Crippen LogP contribution in [-0.2, 0) is 32.6 Å². The molecule has 1 aliphatic rings. The molecule has 3 aromatic carbocycles. The Balaban J connectivity index is 1.51. The molecule has 0 saturated heterocycles. The summed E-state index contributed by atoms with van der Waals surface area (Å²) in [6.07, 6.45) is 3.05. The molecule has 0 fully saturated rings. The first-order valence-corrected chi connectivity index (χ1v) is 14.5. The van der Waals surface area contributed by atoms with Crippen LogP contribution in [0.15, 0.2) is 82.6 Å². The van der Waals surface area contributed by atoms with Gasteiger partial charge < -0.3 is 10.1 Å². The van der Waals surface area contributed by atoms with Crippen LogP contribution in [0.3, 0.4) is 0 Å². The van der Waals surface area contributed by atoms with Crippen molar-refractivity contribution in [2.75, 3.05) is 19.4 Å². The van der Waals surface area contributed by atoms with E-state index in [0.29, 0.717) is 12.3 Å². The Hall–Kier alpha value is -2.68. The summed E-state index contributed by atoms with van der Waals surface area (Å²) in [5.74, 6) is -0.147. The summed E-state index contributed by atoms with van der Waals surface area (Å²) in [6.45, 7) is 1.25. The summed E-state index contributed by atoms with van der Waals surface area (Å²) in [5.41, 5.74) is 2.30. The second-order valence-corrected chi connectivity index (χ2v) is 12.6. The van der Waals surface area contributed by atoms with Gasteiger partial charge in [0.15, 0.2) is 19.7 Å². The number of rotatable bonds is 10. The van der Waals surface area contributed by atoms with Crippen LogP contribution in [0.5, 0.6) is 5.75 Å². The fraction of sp³-hybridized carbons (Fsp3) is 0.308. The zero-order chi connectivity index (χ0) is 24.2. The van der Waals surface area contributed by atoms with Crippen molar-refractivity contribution in [1.82, 2.24) is 5.32 Å². The van der Waals surface area contributed by atoms with E-state index in [4.69, 9.17) is 4.74 Å². The van der Waals surface area contributed by atoms with Gasteiger partial charge in [-0.15, -0.1) is 0 Å². The minimum absolute atomic E-state index is 0.0421. The maximum absolute atomic E-state index is 13.4. The molecule has 0 aromatic heterocycles. The zero-order valence-corrected chi connectivity index (χ0v) is 20.7. The van der Waals surface area contributed by atoms with Crippen LogP contribution in [0.4, 0.5) is 0 Å². The minimum atomic E-state index is -3.91. The van der Waals surface area contributed by atoms with Crippen molar-refractivity contribution in [3.8, 4) is 5.75 Å². The van der Waals surface area contributed by atoms with Crippen molar-refractivity contribution in [2.45, 2.75) is 40.8 Å². The predicted octanol–water partition coefficient (Wildman–Crippen LogP) is 4.11. The molecule has 0 amide bonds. The molecule has 0 aliphatic carbocycles. The van der Waals surface area contributed by atoms with E-state index >= 15 is 0 Å². The smallest absolute Gasteiger partial charge is 0.186 e. The molecular weight excluding hydrogens is 470 g/mol. The van der Waals surface area contributed by atoms with Gasteiger partial charge in [0, 0.05) is 17.7 Å². The van der Waals surface area contributed by atoms with Gasteiger partial charge in [0.2, 0.25) is 0 Å². The first-order chi connectivity index (χ1) is 16.3. The van der Waals surface area contributed by atoms with Crippen molar-refractivity contribution >= 4 is 19.7 Å². The molecule has 1 atom stereocenters. The molecule has 1 aliphatic heterocycles. The molecule has 1 N–H and O–H groups in total. The molecule has 4 rings (SSSR count). The van der Waals surface area contributed by atoms with E-state index in [9.17, 15) is 16.8 Å². The van der Waals surface area contributed by atoms with Crippen LogP contribution in [0.2, 0.25) is 0 Å². The van der Waals surface area contributed by atoms with Gasteiger partial charge >= 0.3 is 0 Å². The Bertz CT molecular complexity index is 1340. The molecule has 0 saturated carbocycles. The van der Waals surface area contributed by atoms with E-state index in [-0.39, 0.29) is 15.4 Å². The van der Waals surface area contributed by atoms with E-state index in [1.165, 1.54) is 30.9 Å². The number of sulfone groups is 2. The zero-order valence-electron chi connectivity index (χ0n) is 19.1. The average Bonchev–Trinajstić information content (AvgIpc) is 3.13. The lowest BCUT2D eigenvalue weighted by Gasteiger charge is -2.18. The first-order valence-electron chi connectivity index (χ1n) is 11.3. The molecule has 1 heterocycles. The fourth-order valence-electron chi connectivity index (χ4n) is 4.42. The van der Waals surface area contributed by atoms with Gasteiger partial charge in [-0.25, -0.2) is 16.8 Å². The second-order valence-electron chi connectivity index (χ2n) is 8.42. The quantitative estimate of drug-likeness (QED) is 0.422. The van der Waals surface area contributed by atoms with Gasteiger partial charge in [0.1, 0.15) is 11.0 Å². The fourth-order valence-corrected chi connectivity index (χ4v) is 8.75. The SMILES string of the molecule is COc1c(CNCCCCc2ccccc2)ccc2c1C(S(=O)(=O)c1ccccc1)CS2(=O)=O. The molecule has 8 heteroatoms. The predicted molar refractivity (Wildman–Crippen MR) is 133 cm³/mol. The lowest BCUT2D eigenvalue weighted by atomic mass is 10.1. The summed E-state index contributed by atoms with van der Waals surface area (Å²) in [5, 5.41) is 2.18. The number of benzene rings is 3. The maximum Gasteiger partial charge on any atom is 0.186 e. The van der Waals surface area contributed by atoms with Gasteiger partial charge in [-0.2, -0.15) is 0 Å². The summed E-state index contributed by atoms with van der Waals surface area (Å²) >= 11 is 0. The van der Waals surface area contributed by atoms with Gasteiger partial charge in [0.25, 0.3) is 0 Å². The summed E-state index contributed by atoms with van der Waals surface area (Å²) in [7, 11) is -6.19. The second kappa shape index (κ2) is 10.3. The lowest BCUT2D eigenvalue weighted by molar-refractivity contribution is 0.401. The monoisotopic (exact) mass is 499 g/mol. The summed E-state index contributed by atoms with van der Waals surface area (Å²) in [4.78, 5) is 0.146. The maximum atomic E-state index is 13.4. The van der Waals surface area contributed by atoms with Crippen molar-refractivity contribution in [3.63, 3.8) is 0 Å². The summed E-state index contributed by atoms with van der Waals surface area (Å²) < 4.78 is 58.0. The third-order valence-corrected chi connectivity index (χ3v) is 10.2. The molecule has 0 radical (unpaired) electrons. The number of hydrogen-bond donors (Lipinski definition) is 1. The molecule has 1 unspecified atom stereocenters. The van der Waals surface area contributed by atoms with E-state index in [1.807, 2.05) is 18.2 Å². The van der Waals surface area contributed by atoms with Crippen LogP contribution >= 0.6 is 0 Å². The minimum Gasteiger partial charge on any atom is -0.496 e. The van der Waals surface area contributed by atoms with E-state index in [0.717, 1.165) is 31.4 Å². The largest absolute Gasteiger partial charge is 0.496 e. The topological polar surface area (TPSA) is 89.5 Å². The van der Waals surface area contributed by atoms with Crippen molar-refractivity contribution in [3.05, 3.63) is 89.5 Å². The number of methoxy groups -OCH3 is 1. The Morgan fingerprint density at radius 2 is 1.62 bits per heavy atom. The number of fused-ring (bicyclic) bond motifs is 1. The van der Waals surface area contributed by atoms with E-state index < -0.39 is 30.7 Å². The number of aryl methyl sites for hydroxylation is 1. The Labute approximate surface area is 201 Å². The average molecular weight is 500 g/mol. The molecule has 34 heavy (non-hydrogen) atoms. The standard InChI is InChI=1S/C26H29NO5S2/c1-32-26-21(18-27-17-9-8-12-20-10-4-2-5-11-20)15-16-23-25(26)24(19-33(23,28)29)34(30,31)22-13-6-3-7-14-22/h2-7,10-11,13-16,24,27H,8-9,12,17-19H2,1H3. The molecule has 6 nitrogen and oxygen atoms in total. The number of hydrogen-bond acceptors (Lipinski definition) is 6. The molecule has 3 aromatic rings. The highest BCUT2D eigenvalue weighted by molar-refractivity contribution is 7.96. The van der Waals surface area contributed by atoms with Crippen LogP contribution in [0.1, 0.15) is 34.8 Å². The van der Waals surface area contributed by atoms with Crippen LogP contribution in [-0.4, -0.2) is 36.2 Å². The molecule has 180 valence electrons. The number of ether oxygens (including phenoxy) is 1. The van der Waals surface area contributed by atoms with Gasteiger partial charge in [0.05, 0.1) is 22.7 Å². The first kappa shape index (κ1) is 24.4. The summed E-state index contributed by atoms with van der Waals surface area (Å²) in [6, 6.07) is 21.5.